The first kappa shape index (κ1) is 17.7. The third kappa shape index (κ3) is 4.08. The predicted molar refractivity (Wildman–Crippen MR) is 100 cm³/mol. The fourth-order valence-electron chi connectivity index (χ4n) is 2.97. The first-order valence-electron chi connectivity index (χ1n) is 8.53. The lowest BCUT2D eigenvalue weighted by molar-refractivity contribution is -0.123. The highest BCUT2D eigenvalue weighted by Gasteiger charge is 2.17. The Morgan fingerprint density at radius 3 is 2.46 bits per heavy atom. The Balaban J connectivity index is 1.66. The molecular formula is C20H22N4O2. The number of hydrogen-bond donors (Lipinski definition) is 2. The second-order valence-electron chi connectivity index (χ2n) is 6.22. The Bertz CT molecular complexity index is 918. The number of aryl methyl sites for hydroxylation is 1. The normalized spacial score (nSPS) is 11.9. The third-order valence-electron chi connectivity index (χ3n) is 4.29. The van der Waals surface area contributed by atoms with Crippen LogP contribution >= 0.6 is 0 Å². The monoisotopic (exact) mass is 350 g/mol. The van der Waals surface area contributed by atoms with Gasteiger partial charge in [-0.3, -0.25) is 9.59 Å². The first-order chi connectivity index (χ1) is 12.5. The Hall–Kier alpha value is -3.15. The van der Waals surface area contributed by atoms with E-state index in [-0.39, 0.29) is 24.3 Å². The maximum atomic E-state index is 12.4. The summed E-state index contributed by atoms with van der Waals surface area (Å²) >= 11 is 0. The van der Waals surface area contributed by atoms with Crippen LogP contribution in [0.5, 0.6) is 0 Å². The number of para-hydroxylation sites is 2. The molecule has 0 aliphatic heterocycles. The molecule has 1 heterocycles. The maximum Gasteiger partial charge on any atom is 0.222 e. The summed E-state index contributed by atoms with van der Waals surface area (Å²) < 4.78 is 1.97. The number of benzene rings is 2. The standard InChI is InChI=1S/C20H22N4O2/c1-14(25)22-17(15-8-4-3-5-9-15)12-20(26)21-13-19-23-16-10-6-7-11-18(16)24(19)2/h3-11,17H,12-13H2,1-2H3,(H,21,26)(H,22,25). The highest BCUT2D eigenvalue weighted by atomic mass is 16.2. The first-order valence-corrected chi connectivity index (χ1v) is 8.53. The van der Waals surface area contributed by atoms with Gasteiger partial charge in [0.2, 0.25) is 11.8 Å². The number of fused-ring (bicyclic) bond motifs is 1. The number of nitrogens with one attached hydrogen (secondary N) is 2. The van der Waals surface area contributed by atoms with Crippen LogP contribution in [0.15, 0.2) is 54.6 Å². The predicted octanol–water partition coefficient (Wildman–Crippen LogP) is 2.46. The molecule has 134 valence electrons. The zero-order valence-electron chi connectivity index (χ0n) is 14.9. The number of carbonyl (C=O) groups excluding carboxylic acids is 2. The minimum atomic E-state index is -0.353. The van der Waals surface area contributed by atoms with E-state index in [9.17, 15) is 9.59 Å². The minimum Gasteiger partial charge on any atom is -0.349 e. The van der Waals surface area contributed by atoms with Crippen LogP contribution in [-0.2, 0) is 23.2 Å². The van der Waals surface area contributed by atoms with Crippen molar-refractivity contribution in [2.24, 2.45) is 7.05 Å². The largest absolute Gasteiger partial charge is 0.349 e. The molecule has 0 aliphatic carbocycles. The summed E-state index contributed by atoms with van der Waals surface area (Å²) in [4.78, 5) is 28.4. The molecule has 0 saturated heterocycles. The van der Waals surface area contributed by atoms with E-state index >= 15 is 0 Å². The van der Waals surface area contributed by atoms with Crippen molar-refractivity contribution < 1.29 is 9.59 Å². The van der Waals surface area contributed by atoms with Crippen LogP contribution in [0.4, 0.5) is 0 Å². The summed E-state index contributed by atoms with van der Waals surface area (Å²) in [6.07, 6.45) is 0.174. The van der Waals surface area contributed by atoms with Crippen LogP contribution in [0.2, 0.25) is 0 Å². The van der Waals surface area contributed by atoms with E-state index in [1.807, 2.05) is 66.2 Å². The molecule has 0 saturated carbocycles. The van der Waals surface area contributed by atoms with Crippen molar-refractivity contribution in [3.8, 4) is 0 Å². The zero-order chi connectivity index (χ0) is 18.5. The zero-order valence-corrected chi connectivity index (χ0v) is 14.9. The molecule has 0 bridgehead atoms. The Morgan fingerprint density at radius 1 is 1.08 bits per heavy atom. The molecule has 6 heteroatoms. The van der Waals surface area contributed by atoms with Gasteiger partial charge in [0.1, 0.15) is 5.82 Å². The number of carbonyl (C=O) groups is 2. The SMILES string of the molecule is CC(=O)NC(CC(=O)NCc1nc2ccccc2n1C)c1ccccc1. The summed E-state index contributed by atoms with van der Waals surface area (Å²) in [5.74, 6) is 0.483. The van der Waals surface area contributed by atoms with E-state index in [1.54, 1.807) is 0 Å². The summed E-state index contributed by atoms with van der Waals surface area (Å²) in [6.45, 7) is 1.79. The maximum absolute atomic E-state index is 12.4. The van der Waals surface area contributed by atoms with Gasteiger partial charge in [-0.15, -0.1) is 0 Å². The lowest BCUT2D eigenvalue weighted by atomic mass is 10.0. The lowest BCUT2D eigenvalue weighted by Crippen LogP contribution is -2.32. The Kier molecular flexibility index (Phi) is 5.31. The molecular weight excluding hydrogens is 328 g/mol. The highest BCUT2D eigenvalue weighted by molar-refractivity contribution is 5.79. The van der Waals surface area contributed by atoms with E-state index in [0.29, 0.717) is 6.54 Å². The van der Waals surface area contributed by atoms with Crippen molar-refractivity contribution in [1.29, 1.82) is 0 Å². The fraction of sp³-hybridized carbons (Fsp3) is 0.250. The molecule has 3 rings (SSSR count). The average Bonchev–Trinajstić information content (AvgIpc) is 2.96. The molecule has 2 amide bonds. The van der Waals surface area contributed by atoms with Gasteiger partial charge in [-0.05, 0) is 17.7 Å². The van der Waals surface area contributed by atoms with Gasteiger partial charge >= 0.3 is 0 Å². The molecule has 0 fully saturated rings. The van der Waals surface area contributed by atoms with Crippen molar-refractivity contribution in [3.05, 3.63) is 66.0 Å². The summed E-state index contributed by atoms with van der Waals surface area (Å²) in [6, 6.07) is 17.0. The fourth-order valence-corrected chi connectivity index (χ4v) is 2.97. The second kappa shape index (κ2) is 7.82. The summed E-state index contributed by atoms with van der Waals surface area (Å²) in [7, 11) is 1.93. The van der Waals surface area contributed by atoms with E-state index in [0.717, 1.165) is 22.4 Å². The molecule has 6 nitrogen and oxygen atoms in total. The molecule has 3 aromatic rings. The van der Waals surface area contributed by atoms with Crippen LogP contribution in [0.3, 0.4) is 0 Å². The Labute approximate surface area is 152 Å². The number of nitrogens with zero attached hydrogens (tertiary/aromatic N) is 2. The minimum absolute atomic E-state index is 0.139. The molecule has 0 radical (unpaired) electrons. The number of aromatic nitrogens is 2. The van der Waals surface area contributed by atoms with Crippen molar-refractivity contribution in [2.45, 2.75) is 25.9 Å². The number of imidazole rings is 1. The van der Waals surface area contributed by atoms with E-state index in [1.165, 1.54) is 6.92 Å². The smallest absolute Gasteiger partial charge is 0.222 e. The quantitative estimate of drug-likeness (QED) is 0.717. The second-order valence-corrected chi connectivity index (χ2v) is 6.22. The van der Waals surface area contributed by atoms with Crippen LogP contribution < -0.4 is 10.6 Å². The Morgan fingerprint density at radius 2 is 1.77 bits per heavy atom. The van der Waals surface area contributed by atoms with Crippen LogP contribution in [-0.4, -0.2) is 21.4 Å². The molecule has 1 aromatic heterocycles. The van der Waals surface area contributed by atoms with Gasteiger partial charge in [0.05, 0.1) is 30.0 Å². The van der Waals surface area contributed by atoms with Gasteiger partial charge in [-0.1, -0.05) is 42.5 Å². The van der Waals surface area contributed by atoms with E-state index in [2.05, 4.69) is 15.6 Å². The van der Waals surface area contributed by atoms with Crippen LogP contribution in [0, 0.1) is 0 Å². The molecule has 26 heavy (non-hydrogen) atoms. The van der Waals surface area contributed by atoms with Gasteiger partial charge in [0.25, 0.3) is 0 Å². The van der Waals surface area contributed by atoms with Crippen molar-refractivity contribution in [3.63, 3.8) is 0 Å². The van der Waals surface area contributed by atoms with Gasteiger partial charge in [0, 0.05) is 14.0 Å². The van der Waals surface area contributed by atoms with Crippen LogP contribution in [0.1, 0.15) is 30.8 Å². The number of rotatable bonds is 6. The topological polar surface area (TPSA) is 76.0 Å². The average molecular weight is 350 g/mol. The molecule has 1 unspecified atom stereocenters. The van der Waals surface area contributed by atoms with Gasteiger partial charge in [-0.2, -0.15) is 0 Å². The van der Waals surface area contributed by atoms with Crippen LogP contribution in [0.25, 0.3) is 11.0 Å². The molecule has 0 aliphatic rings. The molecule has 1 atom stereocenters. The third-order valence-corrected chi connectivity index (χ3v) is 4.29. The van der Waals surface area contributed by atoms with Gasteiger partial charge in [0.15, 0.2) is 0 Å². The summed E-state index contributed by atoms with van der Waals surface area (Å²) in [5, 5.41) is 5.74. The highest BCUT2D eigenvalue weighted by Crippen LogP contribution is 2.17. The van der Waals surface area contributed by atoms with Gasteiger partial charge in [-0.25, -0.2) is 4.98 Å². The van der Waals surface area contributed by atoms with Gasteiger partial charge < -0.3 is 15.2 Å². The van der Waals surface area contributed by atoms with Crippen molar-refractivity contribution in [2.75, 3.05) is 0 Å². The van der Waals surface area contributed by atoms with Crippen molar-refractivity contribution >= 4 is 22.8 Å². The molecule has 2 N–H and O–H groups in total. The number of amides is 2. The molecule has 0 spiro atoms. The molecule has 2 aromatic carbocycles. The van der Waals surface area contributed by atoms with E-state index < -0.39 is 0 Å². The van der Waals surface area contributed by atoms with Crippen molar-refractivity contribution in [1.82, 2.24) is 20.2 Å². The lowest BCUT2D eigenvalue weighted by Gasteiger charge is -2.18. The van der Waals surface area contributed by atoms with E-state index in [4.69, 9.17) is 0 Å². The summed E-state index contributed by atoms with van der Waals surface area (Å²) in [5.41, 5.74) is 2.83. The number of hydrogen-bond acceptors (Lipinski definition) is 3.